The minimum atomic E-state index is -1.07. The molecule has 0 amide bonds. The van der Waals surface area contributed by atoms with Crippen LogP contribution in [0.4, 0.5) is 0 Å². The maximum atomic E-state index is 11.5. The van der Waals surface area contributed by atoms with E-state index < -0.39 is 23.1 Å². The van der Waals surface area contributed by atoms with Gasteiger partial charge in [-0.1, -0.05) is 0 Å². The van der Waals surface area contributed by atoms with Crippen molar-refractivity contribution < 1.29 is 24.2 Å². The number of rotatable bonds is 2. The Hall–Kier alpha value is -2.50. The van der Waals surface area contributed by atoms with Crippen molar-refractivity contribution in [3.8, 4) is 11.5 Å². The highest BCUT2D eigenvalue weighted by Gasteiger charge is 2.15. The van der Waals surface area contributed by atoms with Crippen molar-refractivity contribution in [3.05, 3.63) is 34.2 Å². The lowest BCUT2D eigenvalue weighted by molar-refractivity contribution is 0.0526. The Morgan fingerprint density at radius 3 is 2.72 bits per heavy atom. The molecule has 2 aromatic rings. The zero-order chi connectivity index (χ0) is 13.3. The molecule has 6 heteroatoms. The third-order valence-electron chi connectivity index (χ3n) is 2.37. The Balaban J connectivity index is 2.63. The van der Waals surface area contributed by atoms with E-state index >= 15 is 0 Å². The highest BCUT2D eigenvalue weighted by Crippen LogP contribution is 2.30. The molecule has 2 N–H and O–H groups in total. The molecule has 0 aliphatic carbocycles. The Labute approximate surface area is 101 Å². The maximum Gasteiger partial charge on any atom is 0.382 e. The molecule has 0 aliphatic rings. The molecular formula is C12H10O6. The zero-order valence-corrected chi connectivity index (χ0v) is 9.47. The van der Waals surface area contributed by atoms with Crippen LogP contribution in [0.1, 0.15) is 17.3 Å². The minimum absolute atomic E-state index is 0.000790. The molecule has 0 fully saturated rings. The first-order chi connectivity index (χ1) is 8.54. The Morgan fingerprint density at radius 1 is 1.33 bits per heavy atom. The molecule has 0 radical (unpaired) electrons. The van der Waals surface area contributed by atoms with Crippen molar-refractivity contribution in [1.29, 1.82) is 0 Å². The fraction of sp³-hybridized carbons (Fsp3) is 0.167. The summed E-state index contributed by atoms with van der Waals surface area (Å²) >= 11 is 0. The Bertz CT molecular complexity index is 670. The van der Waals surface area contributed by atoms with E-state index in [0.29, 0.717) is 0 Å². The number of ether oxygens (including phenoxy) is 1. The van der Waals surface area contributed by atoms with Crippen LogP contribution in [0.15, 0.2) is 27.4 Å². The molecule has 0 aliphatic heterocycles. The van der Waals surface area contributed by atoms with E-state index in [2.05, 4.69) is 0 Å². The van der Waals surface area contributed by atoms with Gasteiger partial charge in [0.2, 0.25) is 5.75 Å². The largest absolute Gasteiger partial charge is 0.504 e. The van der Waals surface area contributed by atoms with Crippen molar-refractivity contribution in [2.24, 2.45) is 0 Å². The van der Waals surface area contributed by atoms with Gasteiger partial charge in [-0.25, -0.2) is 9.59 Å². The van der Waals surface area contributed by atoms with Gasteiger partial charge in [-0.2, -0.15) is 0 Å². The zero-order valence-electron chi connectivity index (χ0n) is 9.47. The summed E-state index contributed by atoms with van der Waals surface area (Å²) in [4.78, 5) is 22.6. The van der Waals surface area contributed by atoms with Crippen LogP contribution >= 0.6 is 0 Å². The molecule has 1 aromatic carbocycles. The van der Waals surface area contributed by atoms with Gasteiger partial charge in [0, 0.05) is 0 Å². The van der Waals surface area contributed by atoms with E-state index in [4.69, 9.17) is 9.15 Å². The number of fused-ring (bicyclic) bond motifs is 1. The molecule has 1 heterocycles. The molecule has 18 heavy (non-hydrogen) atoms. The first-order valence-corrected chi connectivity index (χ1v) is 5.20. The molecule has 2 rings (SSSR count). The fourth-order valence-electron chi connectivity index (χ4n) is 1.52. The quantitative estimate of drug-likeness (QED) is 0.617. The van der Waals surface area contributed by atoms with Gasteiger partial charge < -0.3 is 19.4 Å². The summed E-state index contributed by atoms with van der Waals surface area (Å²) in [6.07, 6.45) is 0. The van der Waals surface area contributed by atoms with Gasteiger partial charge in [0.25, 0.3) is 0 Å². The van der Waals surface area contributed by atoms with Gasteiger partial charge in [-0.15, -0.1) is 0 Å². The van der Waals surface area contributed by atoms with E-state index in [1.807, 2.05) is 0 Å². The summed E-state index contributed by atoms with van der Waals surface area (Å²) in [7, 11) is 0. The number of hydrogen-bond acceptors (Lipinski definition) is 6. The van der Waals surface area contributed by atoms with Crippen molar-refractivity contribution in [1.82, 2.24) is 0 Å². The van der Waals surface area contributed by atoms with Crippen LogP contribution in [0.2, 0.25) is 0 Å². The molecule has 6 nitrogen and oxygen atoms in total. The lowest BCUT2D eigenvalue weighted by Gasteiger charge is -2.04. The van der Waals surface area contributed by atoms with E-state index in [9.17, 15) is 19.8 Å². The van der Waals surface area contributed by atoms with Crippen LogP contribution in [0.25, 0.3) is 11.0 Å². The summed E-state index contributed by atoms with van der Waals surface area (Å²) in [5, 5.41) is 18.9. The van der Waals surface area contributed by atoms with Crippen LogP contribution in [0.5, 0.6) is 11.5 Å². The van der Waals surface area contributed by atoms with Gasteiger partial charge in [0.05, 0.1) is 17.6 Å². The van der Waals surface area contributed by atoms with Crippen LogP contribution in [0, 0.1) is 0 Å². The van der Waals surface area contributed by atoms with E-state index in [0.717, 1.165) is 0 Å². The average molecular weight is 250 g/mol. The number of carbonyl (C=O) groups is 1. The van der Waals surface area contributed by atoms with Crippen molar-refractivity contribution in [2.75, 3.05) is 6.61 Å². The molecule has 1 aromatic heterocycles. The van der Waals surface area contributed by atoms with Crippen molar-refractivity contribution in [2.45, 2.75) is 6.92 Å². The number of hydrogen-bond donors (Lipinski definition) is 2. The minimum Gasteiger partial charge on any atom is -0.504 e. The molecule has 0 bridgehead atoms. The van der Waals surface area contributed by atoms with E-state index in [1.54, 1.807) is 6.92 Å². The summed E-state index contributed by atoms with van der Waals surface area (Å²) in [5.41, 5.74) is -0.876. The van der Waals surface area contributed by atoms with Crippen LogP contribution in [-0.2, 0) is 4.74 Å². The predicted molar refractivity (Wildman–Crippen MR) is 61.8 cm³/mol. The second kappa shape index (κ2) is 4.40. The van der Waals surface area contributed by atoms with Gasteiger partial charge >= 0.3 is 11.6 Å². The second-order valence-corrected chi connectivity index (χ2v) is 3.52. The number of carbonyl (C=O) groups excluding carboxylic acids is 1. The normalized spacial score (nSPS) is 10.5. The Morgan fingerprint density at radius 2 is 2.06 bits per heavy atom. The Kier molecular flexibility index (Phi) is 2.93. The van der Waals surface area contributed by atoms with Gasteiger partial charge in [-0.05, 0) is 25.1 Å². The van der Waals surface area contributed by atoms with Crippen LogP contribution in [0.3, 0.4) is 0 Å². The monoisotopic (exact) mass is 250 g/mol. The summed E-state index contributed by atoms with van der Waals surface area (Å²) < 4.78 is 9.56. The predicted octanol–water partition coefficient (Wildman–Crippen LogP) is 1.38. The first kappa shape index (κ1) is 12.0. The second-order valence-electron chi connectivity index (χ2n) is 3.52. The van der Waals surface area contributed by atoms with E-state index in [1.165, 1.54) is 18.2 Å². The van der Waals surface area contributed by atoms with Gasteiger partial charge in [0.1, 0.15) is 5.58 Å². The smallest absolute Gasteiger partial charge is 0.382 e. The average Bonchev–Trinajstić information content (AvgIpc) is 2.36. The third kappa shape index (κ3) is 1.88. The molecule has 94 valence electrons. The standard InChI is InChI=1S/C12H10O6/c1-2-17-11(15)6-3-4-7-8(5-6)18-12(16)10(14)9(7)13/h3-5,13-14H,2H2,1H3. The first-order valence-electron chi connectivity index (χ1n) is 5.20. The van der Waals surface area contributed by atoms with Crippen LogP contribution in [-0.4, -0.2) is 22.8 Å². The van der Waals surface area contributed by atoms with Crippen LogP contribution < -0.4 is 5.63 Å². The number of benzene rings is 1. The van der Waals surface area contributed by atoms with Gasteiger partial charge in [-0.3, -0.25) is 0 Å². The lowest BCUT2D eigenvalue weighted by Crippen LogP contribution is -2.05. The topological polar surface area (TPSA) is 97.0 Å². The van der Waals surface area contributed by atoms with E-state index in [-0.39, 0.29) is 23.1 Å². The SMILES string of the molecule is CCOC(=O)c1ccc2c(O)c(O)c(=O)oc2c1. The highest BCUT2D eigenvalue weighted by atomic mass is 16.5. The number of esters is 1. The molecule has 0 unspecified atom stereocenters. The maximum absolute atomic E-state index is 11.5. The third-order valence-corrected chi connectivity index (χ3v) is 2.37. The fourth-order valence-corrected chi connectivity index (χ4v) is 1.52. The molecule has 0 spiro atoms. The van der Waals surface area contributed by atoms with Crippen molar-refractivity contribution >= 4 is 16.9 Å². The van der Waals surface area contributed by atoms with Crippen molar-refractivity contribution in [3.63, 3.8) is 0 Å². The highest BCUT2D eigenvalue weighted by molar-refractivity contribution is 5.95. The lowest BCUT2D eigenvalue weighted by atomic mass is 10.1. The summed E-state index contributed by atoms with van der Waals surface area (Å²) in [5.74, 6) is -1.99. The molecule has 0 atom stereocenters. The molecule has 0 saturated heterocycles. The molecular weight excluding hydrogens is 240 g/mol. The summed E-state index contributed by atoms with van der Waals surface area (Å²) in [6, 6.07) is 4.03. The number of aromatic hydroxyl groups is 2. The molecule has 0 saturated carbocycles. The van der Waals surface area contributed by atoms with Gasteiger partial charge in [0.15, 0.2) is 5.75 Å². The summed E-state index contributed by atoms with van der Waals surface area (Å²) in [6.45, 7) is 1.89.